The first-order chi connectivity index (χ1) is 12.1. The van der Waals surface area contributed by atoms with Gasteiger partial charge in [0.05, 0.1) is 18.8 Å². The first-order valence-corrected chi connectivity index (χ1v) is 9.62. The number of para-hydroxylation sites is 1. The van der Waals surface area contributed by atoms with Gasteiger partial charge < -0.3 is 14.4 Å². The van der Waals surface area contributed by atoms with Crippen molar-refractivity contribution in [3.8, 4) is 0 Å². The number of ether oxygens (including phenoxy) is 1. The second kappa shape index (κ2) is 5.57. The van der Waals surface area contributed by atoms with Crippen molar-refractivity contribution in [2.24, 2.45) is 24.8 Å². The van der Waals surface area contributed by atoms with Crippen LogP contribution in [0, 0.1) is 17.8 Å². The van der Waals surface area contributed by atoms with Crippen molar-refractivity contribution in [2.75, 3.05) is 20.3 Å². The van der Waals surface area contributed by atoms with Crippen LogP contribution in [0.5, 0.6) is 0 Å². The van der Waals surface area contributed by atoms with Crippen LogP contribution < -0.4 is 0 Å². The Hall–Kier alpha value is -1.36. The monoisotopic (exact) mass is 340 g/mol. The highest BCUT2D eigenvalue weighted by Crippen LogP contribution is 2.52. The summed E-state index contributed by atoms with van der Waals surface area (Å²) in [6, 6.07) is 9.79. The Kier molecular flexibility index (Phi) is 3.53. The maximum absolute atomic E-state index is 9.99. The summed E-state index contributed by atoms with van der Waals surface area (Å²) in [7, 11) is 4.51. The second-order valence-corrected chi connectivity index (χ2v) is 8.34. The molecule has 134 valence electrons. The van der Waals surface area contributed by atoms with Gasteiger partial charge in [0.1, 0.15) is 0 Å². The van der Waals surface area contributed by atoms with Gasteiger partial charge in [-0.15, -0.1) is 0 Å². The molecule has 6 atom stereocenters. The lowest BCUT2D eigenvalue weighted by molar-refractivity contribution is -0.150. The summed E-state index contributed by atoms with van der Waals surface area (Å²) < 4.78 is 8.50. The molecule has 1 aromatic carbocycles. The van der Waals surface area contributed by atoms with E-state index in [4.69, 9.17) is 4.74 Å². The SMILES string of the molecule is CC1OC[C@@H]2[C@@H](C[C@H]3c4c(c5ccccc5n4C)C[C@@H]2N3C)C1CO. The first kappa shape index (κ1) is 15.9. The number of hydrogen-bond acceptors (Lipinski definition) is 3. The minimum absolute atomic E-state index is 0.169. The molecule has 4 heterocycles. The second-order valence-electron chi connectivity index (χ2n) is 8.34. The van der Waals surface area contributed by atoms with Crippen molar-refractivity contribution in [1.82, 2.24) is 9.47 Å². The lowest BCUT2D eigenvalue weighted by Crippen LogP contribution is -2.59. The van der Waals surface area contributed by atoms with Gasteiger partial charge in [-0.05, 0) is 44.4 Å². The molecule has 25 heavy (non-hydrogen) atoms. The zero-order valence-corrected chi connectivity index (χ0v) is 15.4. The van der Waals surface area contributed by atoms with Gasteiger partial charge in [-0.2, -0.15) is 0 Å². The molecule has 4 nitrogen and oxygen atoms in total. The van der Waals surface area contributed by atoms with E-state index in [1.54, 1.807) is 5.56 Å². The van der Waals surface area contributed by atoms with Gasteiger partial charge in [0.15, 0.2) is 0 Å². The van der Waals surface area contributed by atoms with Gasteiger partial charge in [-0.25, -0.2) is 0 Å². The largest absolute Gasteiger partial charge is 0.396 e. The molecule has 2 fully saturated rings. The fraction of sp³-hybridized carbons (Fsp3) is 0.619. The quantitative estimate of drug-likeness (QED) is 0.867. The average Bonchev–Trinajstić information content (AvgIpc) is 2.88. The molecule has 3 aliphatic heterocycles. The molecular formula is C21H28N2O2. The van der Waals surface area contributed by atoms with Crippen molar-refractivity contribution < 1.29 is 9.84 Å². The highest BCUT2D eigenvalue weighted by Gasteiger charge is 2.51. The van der Waals surface area contributed by atoms with Gasteiger partial charge in [-0.3, -0.25) is 4.90 Å². The van der Waals surface area contributed by atoms with Gasteiger partial charge in [0, 0.05) is 48.1 Å². The van der Waals surface area contributed by atoms with Crippen LogP contribution in [0.15, 0.2) is 24.3 Å². The Labute approximate surface area is 149 Å². The average molecular weight is 340 g/mol. The lowest BCUT2D eigenvalue weighted by atomic mass is 9.64. The maximum Gasteiger partial charge on any atom is 0.0600 e. The molecule has 0 amide bonds. The van der Waals surface area contributed by atoms with E-state index >= 15 is 0 Å². The van der Waals surface area contributed by atoms with Gasteiger partial charge in [-0.1, -0.05) is 18.2 Å². The molecule has 0 spiro atoms. The van der Waals surface area contributed by atoms with Crippen molar-refractivity contribution in [1.29, 1.82) is 0 Å². The highest BCUT2D eigenvalue weighted by atomic mass is 16.5. The number of benzene rings is 1. The molecule has 0 aliphatic carbocycles. The van der Waals surface area contributed by atoms with Crippen LogP contribution in [0.25, 0.3) is 10.9 Å². The van der Waals surface area contributed by atoms with Crippen LogP contribution in [0.1, 0.15) is 30.6 Å². The molecule has 3 aliphatic rings. The number of aryl methyl sites for hydroxylation is 1. The molecule has 1 aromatic heterocycles. The van der Waals surface area contributed by atoms with Crippen LogP contribution in [0.2, 0.25) is 0 Å². The van der Waals surface area contributed by atoms with E-state index in [9.17, 15) is 5.11 Å². The summed E-state index contributed by atoms with van der Waals surface area (Å²) in [5.41, 5.74) is 4.39. The molecule has 2 saturated heterocycles. The van der Waals surface area contributed by atoms with Crippen molar-refractivity contribution in [2.45, 2.75) is 38.0 Å². The third kappa shape index (κ3) is 2.05. The summed E-state index contributed by atoms with van der Waals surface area (Å²) in [6.07, 6.45) is 2.40. The summed E-state index contributed by atoms with van der Waals surface area (Å²) in [6.45, 7) is 3.21. The van der Waals surface area contributed by atoms with E-state index in [1.807, 2.05) is 0 Å². The Bertz CT molecular complexity index is 814. The molecule has 2 bridgehead atoms. The van der Waals surface area contributed by atoms with Gasteiger partial charge in [0.25, 0.3) is 0 Å². The fourth-order valence-corrected chi connectivity index (χ4v) is 6.10. The molecule has 1 N–H and O–H groups in total. The number of rotatable bonds is 1. The molecular weight excluding hydrogens is 312 g/mol. The summed E-state index contributed by atoms with van der Waals surface area (Å²) in [4.78, 5) is 2.59. The van der Waals surface area contributed by atoms with Gasteiger partial charge >= 0.3 is 0 Å². The predicted molar refractivity (Wildman–Crippen MR) is 98.5 cm³/mol. The molecule has 2 aromatic rings. The van der Waals surface area contributed by atoms with E-state index in [2.05, 4.69) is 54.8 Å². The molecule has 0 saturated carbocycles. The van der Waals surface area contributed by atoms with Crippen LogP contribution in [-0.4, -0.2) is 47.0 Å². The Morgan fingerprint density at radius 3 is 2.80 bits per heavy atom. The number of hydrogen-bond donors (Lipinski definition) is 1. The Morgan fingerprint density at radius 1 is 1.20 bits per heavy atom. The van der Waals surface area contributed by atoms with E-state index in [0.29, 0.717) is 23.9 Å². The first-order valence-electron chi connectivity index (χ1n) is 9.62. The molecule has 5 rings (SSSR count). The van der Waals surface area contributed by atoms with Crippen molar-refractivity contribution in [3.63, 3.8) is 0 Å². The molecule has 2 unspecified atom stereocenters. The summed E-state index contributed by atoms with van der Waals surface area (Å²) >= 11 is 0. The topological polar surface area (TPSA) is 37.6 Å². The van der Waals surface area contributed by atoms with Gasteiger partial charge in [0.2, 0.25) is 0 Å². The third-order valence-corrected chi connectivity index (χ3v) is 7.46. The standard InChI is InChI=1S/C21H28N2O2/c1-12-16(10-24)14-8-20-21-15(9-19(22(20)2)17(14)11-25-12)13-6-4-5-7-18(13)23(21)3/h4-7,12,14,16-17,19-20,24H,8-11H2,1-3H3/t12?,14-,16?,17+,19-,20-/m0/s1. The van der Waals surface area contributed by atoms with E-state index in [0.717, 1.165) is 19.4 Å². The highest BCUT2D eigenvalue weighted by molar-refractivity contribution is 5.86. The molecule has 4 heteroatoms. The Morgan fingerprint density at radius 2 is 2.00 bits per heavy atom. The number of aliphatic hydroxyl groups is 1. The van der Waals surface area contributed by atoms with E-state index < -0.39 is 0 Å². The van der Waals surface area contributed by atoms with Crippen LogP contribution in [0.3, 0.4) is 0 Å². The zero-order valence-electron chi connectivity index (χ0n) is 15.4. The smallest absolute Gasteiger partial charge is 0.0600 e. The minimum Gasteiger partial charge on any atom is -0.396 e. The zero-order chi connectivity index (χ0) is 17.3. The van der Waals surface area contributed by atoms with E-state index in [-0.39, 0.29) is 18.6 Å². The lowest BCUT2D eigenvalue weighted by Gasteiger charge is -2.56. The summed E-state index contributed by atoms with van der Waals surface area (Å²) in [5, 5.41) is 11.4. The predicted octanol–water partition coefficient (Wildman–Crippen LogP) is 2.74. The number of likely N-dealkylation sites (N-methyl/N-ethyl adjacent to an activating group) is 1. The number of fused-ring (bicyclic) bond motifs is 8. The number of aliphatic hydroxyl groups excluding tert-OH is 1. The van der Waals surface area contributed by atoms with Crippen LogP contribution in [-0.2, 0) is 18.2 Å². The van der Waals surface area contributed by atoms with Crippen molar-refractivity contribution >= 4 is 10.9 Å². The minimum atomic E-state index is 0.169. The van der Waals surface area contributed by atoms with E-state index in [1.165, 1.54) is 16.6 Å². The fourth-order valence-electron chi connectivity index (χ4n) is 6.10. The number of nitrogens with zero attached hydrogens (tertiary/aromatic N) is 2. The Balaban J connectivity index is 1.65. The summed E-state index contributed by atoms with van der Waals surface area (Å²) in [5.74, 6) is 1.36. The van der Waals surface area contributed by atoms with Crippen LogP contribution >= 0.6 is 0 Å². The van der Waals surface area contributed by atoms with Crippen molar-refractivity contribution in [3.05, 3.63) is 35.5 Å². The third-order valence-electron chi connectivity index (χ3n) is 7.46. The van der Waals surface area contributed by atoms with Crippen LogP contribution in [0.4, 0.5) is 0 Å². The number of piperidine rings is 1. The molecule has 0 radical (unpaired) electrons. The number of aromatic nitrogens is 1. The normalized spacial score (nSPS) is 37.8. The maximum atomic E-state index is 9.99.